The van der Waals surface area contributed by atoms with Gasteiger partial charge < -0.3 is 14.6 Å². The van der Waals surface area contributed by atoms with Crippen molar-refractivity contribution in [3.8, 4) is 5.75 Å². The van der Waals surface area contributed by atoms with E-state index in [2.05, 4.69) is 0 Å². The van der Waals surface area contributed by atoms with Gasteiger partial charge in [0.1, 0.15) is 5.75 Å². The molecule has 96 valence electrons. The summed E-state index contributed by atoms with van der Waals surface area (Å²) in [6, 6.07) is 7.32. The molecule has 0 saturated carbocycles. The first kappa shape index (κ1) is 12.6. The van der Waals surface area contributed by atoms with Crippen molar-refractivity contribution in [2.45, 2.75) is 19.4 Å². The lowest BCUT2D eigenvalue weighted by atomic mass is 9.92. The van der Waals surface area contributed by atoms with Crippen LogP contribution in [0.2, 0.25) is 0 Å². The van der Waals surface area contributed by atoms with E-state index in [4.69, 9.17) is 9.47 Å². The summed E-state index contributed by atoms with van der Waals surface area (Å²) in [6.45, 7) is 3.86. The van der Waals surface area contributed by atoms with Crippen molar-refractivity contribution in [3.05, 3.63) is 35.4 Å². The van der Waals surface area contributed by atoms with Crippen LogP contribution in [0.25, 0.3) is 5.57 Å². The van der Waals surface area contributed by atoms with Gasteiger partial charge in [0.05, 0.1) is 24.9 Å². The van der Waals surface area contributed by atoms with Crippen molar-refractivity contribution in [2.75, 3.05) is 13.7 Å². The van der Waals surface area contributed by atoms with Crippen molar-refractivity contribution in [1.82, 2.24) is 0 Å². The first-order valence-corrected chi connectivity index (χ1v) is 5.71. The van der Waals surface area contributed by atoms with Crippen molar-refractivity contribution >= 4 is 11.5 Å². The topological polar surface area (TPSA) is 55.8 Å². The van der Waals surface area contributed by atoms with Crippen molar-refractivity contribution in [1.29, 1.82) is 0 Å². The predicted octanol–water partition coefficient (Wildman–Crippen LogP) is 2.34. The SMILES string of the molecule is COc1ccc(C2=C(C(=O)O)C(C)(C)OC2)cc1. The summed E-state index contributed by atoms with van der Waals surface area (Å²) >= 11 is 0. The van der Waals surface area contributed by atoms with E-state index in [1.54, 1.807) is 21.0 Å². The maximum absolute atomic E-state index is 11.4. The van der Waals surface area contributed by atoms with Gasteiger partial charge in [-0.05, 0) is 37.1 Å². The van der Waals surface area contributed by atoms with E-state index in [9.17, 15) is 9.90 Å². The monoisotopic (exact) mass is 248 g/mol. The lowest BCUT2D eigenvalue weighted by molar-refractivity contribution is -0.134. The Morgan fingerprint density at radius 3 is 2.44 bits per heavy atom. The maximum atomic E-state index is 11.4. The molecule has 4 heteroatoms. The summed E-state index contributed by atoms with van der Waals surface area (Å²) < 4.78 is 10.6. The highest BCUT2D eigenvalue weighted by molar-refractivity contribution is 5.99. The molecule has 0 fully saturated rings. The van der Waals surface area contributed by atoms with Crippen LogP contribution in [-0.2, 0) is 9.53 Å². The minimum Gasteiger partial charge on any atom is -0.497 e. The Kier molecular flexibility index (Phi) is 3.13. The molecule has 0 spiro atoms. The molecule has 18 heavy (non-hydrogen) atoms. The molecular weight excluding hydrogens is 232 g/mol. The van der Waals surface area contributed by atoms with E-state index in [0.29, 0.717) is 12.2 Å². The second-order valence-electron chi connectivity index (χ2n) is 4.69. The fourth-order valence-electron chi connectivity index (χ4n) is 2.17. The predicted molar refractivity (Wildman–Crippen MR) is 67.6 cm³/mol. The number of methoxy groups -OCH3 is 1. The van der Waals surface area contributed by atoms with Crippen molar-refractivity contribution in [2.24, 2.45) is 0 Å². The number of rotatable bonds is 3. The largest absolute Gasteiger partial charge is 0.497 e. The number of carboxylic acids is 1. The number of hydrogen-bond acceptors (Lipinski definition) is 3. The highest BCUT2D eigenvalue weighted by Crippen LogP contribution is 2.36. The first-order valence-electron chi connectivity index (χ1n) is 5.71. The third-order valence-electron chi connectivity index (χ3n) is 3.13. The molecule has 0 aliphatic carbocycles. The van der Waals surface area contributed by atoms with Crippen molar-refractivity contribution in [3.63, 3.8) is 0 Å². The number of carbonyl (C=O) groups is 1. The third kappa shape index (κ3) is 2.11. The first-order chi connectivity index (χ1) is 8.45. The summed E-state index contributed by atoms with van der Waals surface area (Å²) in [5.74, 6) is -0.183. The fraction of sp³-hybridized carbons (Fsp3) is 0.357. The summed E-state index contributed by atoms with van der Waals surface area (Å²) in [4.78, 5) is 11.4. The van der Waals surface area contributed by atoms with E-state index in [-0.39, 0.29) is 0 Å². The Morgan fingerprint density at radius 1 is 1.33 bits per heavy atom. The van der Waals surface area contributed by atoms with Crippen LogP contribution >= 0.6 is 0 Å². The van der Waals surface area contributed by atoms with E-state index in [0.717, 1.165) is 16.9 Å². The molecule has 1 N–H and O–H groups in total. The molecule has 4 nitrogen and oxygen atoms in total. The van der Waals surface area contributed by atoms with Gasteiger partial charge in [0, 0.05) is 0 Å². The fourth-order valence-corrected chi connectivity index (χ4v) is 2.17. The second-order valence-corrected chi connectivity index (χ2v) is 4.69. The van der Waals surface area contributed by atoms with Crippen LogP contribution in [0.1, 0.15) is 19.4 Å². The quantitative estimate of drug-likeness (QED) is 0.892. The van der Waals surface area contributed by atoms with Crippen LogP contribution in [0.4, 0.5) is 0 Å². The standard InChI is InChI=1S/C14H16O4/c1-14(2)12(13(15)16)11(8-18-14)9-4-6-10(17-3)7-5-9/h4-7H,8H2,1-3H3,(H,15,16). The van der Waals surface area contributed by atoms with E-state index >= 15 is 0 Å². The zero-order valence-electron chi connectivity index (χ0n) is 10.7. The van der Waals surface area contributed by atoms with Crippen LogP contribution in [-0.4, -0.2) is 30.4 Å². The summed E-state index contributed by atoms with van der Waals surface area (Å²) in [7, 11) is 1.60. The van der Waals surface area contributed by atoms with E-state index < -0.39 is 11.6 Å². The number of aliphatic carboxylic acids is 1. The van der Waals surface area contributed by atoms with Gasteiger partial charge in [0.15, 0.2) is 0 Å². The number of benzene rings is 1. The highest BCUT2D eigenvalue weighted by Gasteiger charge is 2.38. The van der Waals surface area contributed by atoms with Gasteiger partial charge in [-0.1, -0.05) is 12.1 Å². The Morgan fingerprint density at radius 2 is 1.94 bits per heavy atom. The normalized spacial score (nSPS) is 17.9. The van der Waals surface area contributed by atoms with E-state index in [1.807, 2.05) is 24.3 Å². The molecule has 1 heterocycles. The molecule has 0 atom stereocenters. The van der Waals surface area contributed by atoms with Gasteiger partial charge in [0.2, 0.25) is 0 Å². The Hall–Kier alpha value is -1.81. The molecule has 0 radical (unpaired) electrons. The second kappa shape index (κ2) is 4.46. The van der Waals surface area contributed by atoms with Crippen LogP contribution < -0.4 is 4.74 Å². The van der Waals surface area contributed by atoms with Gasteiger partial charge in [-0.15, -0.1) is 0 Å². The zero-order valence-corrected chi connectivity index (χ0v) is 10.7. The van der Waals surface area contributed by atoms with Crippen molar-refractivity contribution < 1.29 is 19.4 Å². The Bertz CT molecular complexity index is 497. The molecular formula is C14H16O4. The van der Waals surface area contributed by atoms with Crippen LogP contribution in [0.15, 0.2) is 29.8 Å². The molecule has 0 aromatic heterocycles. The van der Waals surface area contributed by atoms with Gasteiger partial charge in [-0.25, -0.2) is 4.79 Å². The Balaban J connectivity index is 2.47. The molecule has 0 amide bonds. The highest BCUT2D eigenvalue weighted by atomic mass is 16.5. The summed E-state index contributed by atoms with van der Waals surface area (Å²) in [6.07, 6.45) is 0. The number of hydrogen-bond donors (Lipinski definition) is 1. The number of ether oxygens (including phenoxy) is 2. The summed E-state index contributed by atoms with van der Waals surface area (Å²) in [5, 5.41) is 9.32. The molecule has 2 rings (SSSR count). The van der Waals surface area contributed by atoms with Crippen LogP contribution in [0, 0.1) is 0 Å². The third-order valence-corrected chi connectivity index (χ3v) is 3.13. The van der Waals surface area contributed by atoms with Gasteiger partial charge in [-0.3, -0.25) is 0 Å². The molecule has 0 saturated heterocycles. The van der Waals surface area contributed by atoms with Gasteiger partial charge in [-0.2, -0.15) is 0 Å². The average Bonchev–Trinajstić information content (AvgIpc) is 2.65. The molecule has 1 aliphatic rings. The molecule has 1 aromatic carbocycles. The lowest BCUT2D eigenvalue weighted by Crippen LogP contribution is -2.26. The lowest BCUT2D eigenvalue weighted by Gasteiger charge is -2.18. The molecule has 1 aliphatic heterocycles. The Labute approximate surface area is 106 Å². The molecule has 0 bridgehead atoms. The average molecular weight is 248 g/mol. The van der Waals surface area contributed by atoms with Crippen LogP contribution in [0.3, 0.4) is 0 Å². The smallest absolute Gasteiger partial charge is 0.334 e. The van der Waals surface area contributed by atoms with Crippen LogP contribution in [0.5, 0.6) is 5.75 Å². The van der Waals surface area contributed by atoms with Gasteiger partial charge in [0.25, 0.3) is 0 Å². The molecule has 1 aromatic rings. The number of carboxylic acid groups (broad SMARTS) is 1. The zero-order chi connectivity index (χ0) is 13.3. The molecule has 0 unspecified atom stereocenters. The van der Waals surface area contributed by atoms with Gasteiger partial charge >= 0.3 is 5.97 Å². The summed E-state index contributed by atoms with van der Waals surface area (Å²) in [5.41, 5.74) is 1.17. The van der Waals surface area contributed by atoms with E-state index in [1.165, 1.54) is 0 Å². The minimum atomic E-state index is -0.927. The maximum Gasteiger partial charge on any atom is 0.334 e. The minimum absolute atomic E-state index is 0.320.